The molecule has 1 atom stereocenters. The van der Waals surface area contributed by atoms with Gasteiger partial charge in [0.15, 0.2) is 11.5 Å². The molecule has 0 amide bonds. The van der Waals surface area contributed by atoms with E-state index >= 15 is 0 Å². The highest BCUT2D eigenvalue weighted by Crippen LogP contribution is 2.42. The molecule has 6 heteroatoms. The van der Waals surface area contributed by atoms with E-state index in [4.69, 9.17) is 14.2 Å². The van der Waals surface area contributed by atoms with Crippen molar-refractivity contribution in [1.82, 2.24) is 4.90 Å². The Morgan fingerprint density at radius 1 is 0.927 bits per heavy atom. The van der Waals surface area contributed by atoms with E-state index in [0.29, 0.717) is 11.7 Å². The smallest absolute Gasteiger partial charge is 0.162 e. The number of aryl methyl sites for hydroxylation is 2. The van der Waals surface area contributed by atoms with Crippen LogP contribution >= 0.6 is 0 Å². The Labute approximate surface area is 245 Å². The van der Waals surface area contributed by atoms with Crippen molar-refractivity contribution in [1.29, 1.82) is 0 Å². The van der Waals surface area contributed by atoms with Crippen LogP contribution in [0.2, 0.25) is 0 Å². The van der Waals surface area contributed by atoms with Crippen LogP contribution in [0.5, 0.6) is 23.0 Å². The summed E-state index contributed by atoms with van der Waals surface area (Å²) >= 11 is 0. The third kappa shape index (κ3) is 6.75. The number of hydrogen-bond acceptors (Lipinski definition) is 6. The highest BCUT2D eigenvalue weighted by atomic mass is 16.5. The molecule has 3 aromatic carbocycles. The first-order valence-corrected chi connectivity index (χ1v) is 15.1. The van der Waals surface area contributed by atoms with E-state index in [2.05, 4.69) is 66.8 Å². The van der Waals surface area contributed by atoms with Crippen LogP contribution in [-0.2, 0) is 19.3 Å². The summed E-state index contributed by atoms with van der Waals surface area (Å²) in [5.74, 6) is 3.18. The van der Waals surface area contributed by atoms with Crippen molar-refractivity contribution in [2.75, 3.05) is 46.8 Å². The lowest BCUT2D eigenvalue weighted by Gasteiger charge is -2.36. The highest BCUT2D eigenvalue weighted by molar-refractivity contribution is 5.62. The number of nitrogens with zero attached hydrogens (tertiary/aromatic N) is 1. The summed E-state index contributed by atoms with van der Waals surface area (Å²) in [5, 5.41) is 13.6. The van der Waals surface area contributed by atoms with Gasteiger partial charge in [0, 0.05) is 18.3 Å². The molecule has 0 heterocycles. The van der Waals surface area contributed by atoms with Gasteiger partial charge in [-0.15, -0.1) is 0 Å². The minimum atomic E-state index is 0.178. The van der Waals surface area contributed by atoms with Gasteiger partial charge in [-0.25, -0.2) is 0 Å². The lowest BCUT2D eigenvalue weighted by molar-refractivity contribution is 0.0865. The number of ether oxygens (including phenoxy) is 3. The van der Waals surface area contributed by atoms with Crippen molar-refractivity contribution in [3.05, 3.63) is 76.9 Å². The molecule has 0 unspecified atom stereocenters. The van der Waals surface area contributed by atoms with Crippen LogP contribution in [0.25, 0.3) is 0 Å². The van der Waals surface area contributed by atoms with E-state index in [0.717, 1.165) is 68.2 Å². The first-order valence-electron chi connectivity index (χ1n) is 15.1. The molecule has 2 aliphatic rings. The Hall–Kier alpha value is -3.38. The largest absolute Gasteiger partial charge is 0.508 e. The Morgan fingerprint density at radius 3 is 2.37 bits per heavy atom. The van der Waals surface area contributed by atoms with Gasteiger partial charge in [-0.2, -0.15) is 0 Å². The number of phenols is 1. The summed E-state index contributed by atoms with van der Waals surface area (Å²) < 4.78 is 17.5. The Morgan fingerprint density at radius 2 is 1.66 bits per heavy atom. The maximum absolute atomic E-state index is 9.90. The summed E-state index contributed by atoms with van der Waals surface area (Å²) in [5.41, 5.74) is 6.44. The maximum atomic E-state index is 9.90. The number of aromatic hydroxyl groups is 1. The molecular formula is C35H46N2O4. The quantitative estimate of drug-likeness (QED) is 0.234. The first-order chi connectivity index (χ1) is 19.9. The van der Waals surface area contributed by atoms with Gasteiger partial charge >= 0.3 is 0 Å². The van der Waals surface area contributed by atoms with E-state index in [1.807, 2.05) is 6.07 Å². The molecule has 1 fully saturated rings. The van der Waals surface area contributed by atoms with Crippen molar-refractivity contribution in [2.45, 2.75) is 69.2 Å². The molecule has 1 saturated carbocycles. The molecule has 0 spiro atoms. The minimum absolute atomic E-state index is 0.178. The standard InChI is InChI=1S/C35H46N2O4/c1-37(2)35(17-5-6-18-35)24-41-30-15-9-25(10-16-30)8-7-19-36-32-23-34(40-4)33(39-3)22-31(32)28-12-11-27-21-29(38)14-13-26(27)20-28/h9-10,13-16,21-23,28,36,38H,5-8,11-12,17-20,24H2,1-4H3/t28-/m1/s1. The number of rotatable bonds is 12. The van der Waals surface area contributed by atoms with Crippen LogP contribution in [0.3, 0.4) is 0 Å². The summed E-state index contributed by atoms with van der Waals surface area (Å²) in [6, 6.07) is 18.6. The molecule has 5 rings (SSSR count). The van der Waals surface area contributed by atoms with E-state index in [9.17, 15) is 5.11 Å². The molecule has 2 aliphatic carbocycles. The predicted octanol–water partition coefficient (Wildman–Crippen LogP) is 6.98. The summed E-state index contributed by atoms with van der Waals surface area (Å²) in [7, 11) is 7.74. The second kappa shape index (κ2) is 13.1. The van der Waals surface area contributed by atoms with Gasteiger partial charge in [0.1, 0.15) is 18.1 Å². The molecular weight excluding hydrogens is 512 g/mol. The van der Waals surface area contributed by atoms with E-state index in [1.165, 1.54) is 47.9 Å². The number of hydrogen-bond donors (Lipinski definition) is 2. The molecule has 3 aromatic rings. The lowest BCUT2D eigenvalue weighted by Crippen LogP contribution is -2.46. The normalized spacial score (nSPS) is 17.7. The van der Waals surface area contributed by atoms with E-state index in [-0.39, 0.29) is 5.54 Å². The first kappa shape index (κ1) is 29.1. The highest BCUT2D eigenvalue weighted by Gasteiger charge is 2.36. The molecule has 6 nitrogen and oxygen atoms in total. The fourth-order valence-electron chi connectivity index (χ4n) is 6.63. The molecule has 0 radical (unpaired) electrons. The molecule has 41 heavy (non-hydrogen) atoms. The number of likely N-dealkylation sites (N-methyl/N-ethyl adjacent to an activating group) is 1. The van der Waals surface area contributed by atoms with Crippen molar-refractivity contribution in [3.8, 4) is 23.0 Å². The monoisotopic (exact) mass is 558 g/mol. The number of nitrogens with one attached hydrogen (secondary N) is 1. The minimum Gasteiger partial charge on any atom is -0.508 e. The molecule has 0 aliphatic heterocycles. The van der Waals surface area contributed by atoms with E-state index < -0.39 is 0 Å². The molecule has 0 aromatic heterocycles. The fourth-order valence-corrected chi connectivity index (χ4v) is 6.63. The zero-order valence-electron chi connectivity index (χ0n) is 25.2. The summed E-state index contributed by atoms with van der Waals surface area (Å²) in [6.45, 7) is 1.62. The Balaban J connectivity index is 1.19. The number of anilines is 1. The van der Waals surface area contributed by atoms with Crippen molar-refractivity contribution < 1.29 is 19.3 Å². The maximum Gasteiger partial charge on any atom is 0.162 e. The van der Waals surface area contributed by atoms with Gasteiger partial charge < -0.3 is 29.5 Å². The van der Waals surface area contributed by atoms with Crippen LogP contribution in [0.4, 0.5) is 5.69 Å². The zero-order valence-corrected chi connectivity index (χ0v) is 25.2. The van der Waals surface area contributed by atoms with Crippen LogP contribution in [0.1, 0.15) is 66.7 Å². The lowest BCUT2D eigenvalue weighted by atomic mass is 9.79. The predicted molar refractivity (Wildman–Crippen MR) is 166 cm³/mol. The van der Waals surface area contributed by atoms with Crippen LogP contribution in [0.15, 0.2) is 54.6 Å². The number of benzene rings is 3. The number of methoxy groups -OCH3 is 2. The second-order valence-corrected chi connectivity index (χ2v) is 12.0. The molecule has 0 bridgehead atoms. The topological polar surface area (TPSA) is 63.2 Å². The third-order valence-corrected chi connectivity index (χ3v) is 9.29. The van der Waals surface area contributed by atoms with Crippen LogP contribution in [0, 0.1) is 0 Å². The Kier molecular flexibility index (Phi) is 9.29. The molecule has 0 saturated heterocycles. The number of fused-ring (bicyclic) bond motifs is 1. The van der Waals surface area contributed by atoms with Crippen LogP contribution < -0.4 is 19.5 Å². The van der Waals surface area contributed by atoms with Crippen molar-refractivity contribution >= 4 is 5.69 Å². The van der Waals surface area contributed by atoms with Gasteiger partial charge in [0.05, 0.1) is 19.8 Å². The SMILES string of the molecule is COc1cc(NCCCc2ccc(OCC3(N(C)C)CCCC3)cc2)c([C@@H]2CCc3cc(O)ccc3C2)cc1OC. The molecule has 2 N–H and O–H groups in total. The second-order valence-electron chi connectivity index (χ2n) is 12.0. The molecule has 220 valence electrons. The Bertz CT molecular complexity index is 1300. The third-order valence-electron chi connectivity index (χ3n) is 9.29. The summed E-state index contributed by atoms with van der Waals surface area (Å²) in [6.07, 6.45) is 9.96. The van der Waals surface area contributed by atoms with Gasteiger partial charge in [0.2, 0.25) is 0 Å². The number of phenolic OH excluding ortho intramolecular Hbond substituents is 1. The average Bonchev–Trinajstić information content (AvgIpc) is 3.49. The van der Waals surface area contributed by atoms with Gasteiger partial charge in [-0.3, -0.25) is 0 Å². The van der Waals surface area contributed by atoms with Crippen LogP contribution in [-0.4, -0.2) is 57.0 Å². The van der Waals surface area contributed by atoms with Crippen molar-refractivity contribution in [2.24, 2.45) is 0 Å². The van der Waals surface area contributed by atoms with E-state index in [1.54, 1.807) is 20.3 Å². The van der Waals surface area contributed by atoms with Gasteiger partial charge in [-0.05, 0) is 118 Å². The zero-order chi connectivity index (χ0) is 28.8. The summed E-state index contributed by atoms with van der Waals surface area (Å²) in [4.78, 5) is 2.35. The van der Waals surface area contributed by atoms with Gasteiger partial charge in [-0.1, -0.05) is 31.0 Å². The fraction of sp³-hybridized carbons (Fsp3) is 0.486. The average molecular weight is 559 g/mol. The van der Waals surface area contributed by atoms with Gasteiger partial charge in [0.25, 0.3) is 0 Å². The van der Waals surface area contributed by atoms with Crippen molar-refractivity contribution in [3.63, 3.8) is 0 Å².